The van der Waals surface area contributed by atoms with E-state index < -0.39 is 6.04 Å². The SMILES string of the molecule is CCN(C(=O)Cc1ccc(NC(=O)C(N)C2CCOCC2)cc1)c1ccccc1. The molecule has 154 valence electrons. The molecule has 2 aromatic rings. The number of carbonyl (C=O) groups excluding carboxylic acids is 2. The van der Waals surface area contributed by atoms with E-state index in [-0.39, 0.29) is 17.7 Å². The van der Waals surface area contributed by atoms with Gasteiger partial charge in [-0.3, -0.25) is 9.59 Å². The van der Waals surface area contributed by atoms with E-state index in [1.54, 1.807) is 4.90 Å². The van der Waals surface area contributed by atoms with Crippen molar-refractivity contribution in [1.82, 2.24) is 0 Å². The van der Waals surface area contributed by atoms with Crippen LogP contribution in [0.4, 0.5) is 11.4 Å². The summed E-state index contributed by atoms with van der Waals surface area (Å²) in [7, 11) is 0. The number of nitrogens with zero attached hydrogens (tertiary/aromatic N) is 1. The summed E-state index contributed by atoms with van der Waals surface area (Å²) in [5, 5.41) is 2.88. The van der Waals surface area contributed by atoms with Gasteiger partial charge in [-0.05, 0) is 55.5 Å². The molecule has 0 saturated carbocycles. The van der Waals surface area contributed by atoms with Crippen LogP contribution in [0.1, 0.15) is 25.3 Å². The monoisotopic (exact) mass is 395 g/mol. The number of nitrogens with one attached hydrogen (secondary N) is 1. The number of hydrogen-bond donors (Lipinski definition) is 2. The second-order valence-electron chi connectivity index (χ2n) is 7.31. The molecular weight excluding hydrogens is 366 g/mol. The molecule has 1 atom stereocenters. The number of amides is 2. The summed E-state index contributed by atoms with van der Waals surface area (Å²) in [6, 6.07) is 16.5. The summed E-state index contributed by atoms with van der Waals surface area (Å²) >= 11 is 0. The zero-order valence-corrected chi connectivity index (χ0v) is 16.8. The Kier molecular flexibility index (Phi) is 7.38. The van der Waals surface area contributed by atoms with Crippen LogP contribution in [0, 0.1) is 5.92 Å². The molecule has 1 unspecified atom stereocenters. The number of carbonyl (C=O) groups is 2. The Balaban J connectivity index is 1.56. The van der Waals surface area contributed by atoms with Crippen molar-refractivity contribution in [3.63, 3.8) is 0 Å². The third-order valence-electron chi connectivity index (χ3n) is 5.34. The summed E-state index contributed by atoms with van der Waals surface area (Å²) in [6.45, 7) is 3.89. The highest BCUT2D eigenvalue weighted by atomic mass is 16.5. The second-order valence-corrected chi connectivity index (χ2v) is 7.31. The van der Waals surface area contributed by atoms with Crippen molar-refractivity contribution < 1.29 is 14.3 Å². The first-order chi connectivity index (χ1) is 14.1. The maximum Gasteiger partial charge on any atom is 0.241 e. The number of rotatable bonds is 7. The van der Waals surface area contributed by atoms with Gasteiger partial charge in [-0.1, -0.05) is 30.3 Å². The van der Waals surface area contributed by atoms with Gasteiger partial charge in [0.2, 0.25) is 11.8 Å². The summed E-state index contributed by atoms with van der Waals surface area (Å²) in [5.41, 5.74) is 8.60. The van der Waals surface area contributed by atoms with Gasteiger partial charge < -0.3 is 20.7 Å². The third-order valence-corrected chi connectivity index (χ3v) is 5.34. The average molecular weight is 396 g/mol. The van der Waals surface area contributed by atoms with Crippen molar-refractivity contribution in [2.24, 2.45) is 11.7 Å². The Morgan fingerprint density at radius 3 is 2.38 bits per heavy atom. The number of hydrogen-bond acceptors (Lipinski definition) is 4. The molecule has 1 aliphatic rings. The predicted octanol–water partition coefficient (Wildman–Crippen LogP) is 2.97. The lowest BCUT2D eigenvalue weighted by atomic mass is 9.92. The van der Waals surface area contributed by atoms with Crippen LogP contribution in [0.2, 0.25) is 0 Å². The maximum atomic E-state index is 12.7. The highest BCUT2D eigenvalue weighted by Gasteiger charge is 2.26. The van der Waals surface area contributed by atoms with E-state index >= 15 is 0 Å². The molecule has 3 rings (SSSR count). The van der Waals surface area contributed by atoms with Crippen molar-refractivity contribution in [1.29, 1.82) is 0 Å². The van der Waals surface area contributed by atoms with Gasteiger partial charge in [0.05, 0.1) is 12.5 Å². The normalized spacial score (nSPS) is 15.5. The van der Waals surface area contributed by atoms with Gasteiger partial charge in [-0.2, -0.15) is 0 Å². The minimum absolute atomic E-state index is 0.0389. The molecule has 2 amide bonds. The maximum absolute atomic E-state index is 12.7. The zero-order chi connectivity index (χ0) is 20.6. The lowest BCUT2D eigenvalue weighted by molar-refractivity contribution is -0.119. The van der Waals surface area contributed by atoms with Crippen LogP contribution in [0.25, 0.3) is 0 Å². The van der Waals surface area contributed by atoms with E-state index in [2.05, 4.69) is 5.32 Å². The zero-order valence-electron chi connectivity index (χ0n) is 16.8. The molecule has 1 fully saturated rings. The van der Waals surface area contributed by atoms with E-state index in [1.807, 2.05) is 61.5 Å². The van der Waals surface area contributed by atoms with Gasteiger partial charge in [0.25, 0.3) is 0 Å². The standard InChI is InChI=1S/C23H29N3O3/c1-2-26(20-6-4-3-5-7-20)21(27)16-17-8-10-19(11-9-17)25-23(28)22(24)18-12-14-29-15-13-18/h3-11,18,22H,2,12-16,24H2,1H3,(H,25,28). The van der Waals surface area contributed by atoms with Crippen LogP contribution in [-0.4, -0.2) is 37.6 Å². The van der Waals surface area contributed by atoms with Crippen LogP contribution in [0.5, 0.6) is 0 Å². The molecule has 0 aromatic heterocycles. The number of anilines is 2. The van der Waals surface area contributed by atoms with Crippen LogP contribution in [-0.2, 0) is 20.7 Å². The quantitative estimate of drug-likeness (QED) is 0.755. The number of nitrogens with two attached hydrogens (primary N) is 1. The molecule has 1 saturated heterocycles. The van der Waals surface area contributed by atoms with Crippen molar-refractivity contribution in [3.8, 4) is 0 Å². The largest absolute Gasteiger partial charge is 0.381 e. The number of para-hydroxylation sites is 1. The van der Waals surface area contributed by atoms with E-state index in [4.69, 9.17) is 10.5 Å². The number of likely N-dealkylation sites (N-methyl/N-ethyl adjacent to an activating group) is 1. The lowest BCUT2D eigenvalue weighted by Crippen LogP contribution is -2.44. The molecule has 0 bridgehead atoms. The first-order valence-corrected chi connectivity index (χ1v) is 10.2. The molecule has 0 radical (unpaired) electrons. The fraction of sp³-hybridized carbons (Fsp3) is 0.391. The predicted molar refractivity (Wildman–Crippen MR) is 115 cm³/mol. The first kappa shape index (κ1) is 21.0. The molecule has 1 heterocycles. The highest BCUT2D eigenvalue weighted by Crippen LogP contribution is 2.20. The summed E-state index contributed by atoms with van der Waals surface area (Å²) in [5.74, 6) is 0.0117. The van der Waals surface area contributed by atoms with Crippen LogP contribution >= 0.6 is 0 Å². The Hall–Kier alpha value is -2.70. The van der Waals surface area contributed by atoms with Gasteiger partial charge in [0, 0.05) is 31.1 Å². The van der Waals surface area contributed by atoms with E-state index in [1.165, 1.54) is 0 Å². The van der Waals surface area contributed by atoms with Gasteiger partial charge >= 0.3 is 0 Å². The fourth-order valence-corrected chi connectivity index (χ4v) is 3.60. The molecule has 3 N–H and O–H groups in total. The van der Waals surface area contributed by atoms with Crippen molar-refractivity contribution in [2.75, 3.05) is 30.0 Å². The molecule has 0 spiro atoms. The van der Waals surface area contributed by atoms with E-state index in [0.717, 1.165) is 24.1 Å². The highest BCUT2D eigenvalue weighted by molar-refractivity contribution is 5.96. The Morgan fingerprint density at radius 2 is 1.76 bits per heavy atom. The molecule has 29 heavy (non-hydrogen) atoms. The molecule has 1 aliphatic heterocycles. The van der Waals surface area contributed by atoms with E-state index in [9.17, 15) is 9.59 Å². The number of benzene rings is 2. The molecular formula is C23H29N3O3. The third kappa shape index (κ3) is 5.65. The minimum atomic E-state index is -0.538. The first-order valence-electron chi connectivity index (χ1n) is 10.2. The Bertz CT molecular complexity index is 802. The average Bonchev–Trinajstić information content (AvgIpc) is 2.76. The molecule has 0 aliphatic carbocycles. The molecule has 6 nitrogen and oxygen atoms in total. The summed E-state index contributed by atoms with van der Waals surface area (Å²) in [4.78, 5) is 26.9. The fourth-order valence-electron chi connectivity index (χ4n) is 3.60. The smallest absolute Gasteiger partial charge is 0.241 e. The minimum Gasteiger partial charge on any atom is -0.381 e. The van der Waals surface area contributed by atoms with Gasteiger partial charge in [0.1, 0.15) is 0 Å². The van der Waals surface area contributed by atoms with Crippen LogP contribution in [0.3, 0.4) is 0 Å². The Morgan fingerprint density at radius 1 is 1.10 bits per heavy atom. The topological polar surface area (TPSA) is 84.7 Å². The summed E-state index contributed by atoms with van der Waals surface area (Å²) < 4.78 is 5.33. The van der Waals surface area contributed by atoms with E-state index in [0.29, 0.717) is 31.9 Å². The van der Waals surface area contributed by atoms with Gasteiger partial charge in [0.15, 0.2) is 0 Å². The van der Waals surface area contributed by atoms with Crippen LogP contribution < -0.4 is 16.0 Å². The number of ether oxygens (including phenoxy) is 1. The summed E-state index contributed by atoms with van der Waals surface area (Å²) in [6.07, 6.45) is 1.93. The van der Waals surface area contributed by atoms with Gasteiger partial charge in [-0.15, -0.1) is 0 Å². The van der Waals surface area contributed by atoms with Crippen molar-refractivity contribution in [3.05, 3.63) is 60.2 Å². The molecule has 2 aromatic carbocycles. The van der Waals surface area contributed by atoms with Gasteiger partial charge in [-0.25, -0.2) is 0 Å². The van der Waals surface area contributed by atoms with Crippen molar-refractivity contribution >= 4 is 23.2 Å². The second kappa shape index (κ2) is 10.2. The lowest BCUT2D eigenvalue weighted by Gasteiger charge is -2.26. The Labute approximate surface area is 172 Å². The van der Waals surface area contributed by atoms with Crippen LogP contribution in [0.15, 0.2) is 54.6 Å². The van der Waals surface area contributed by atoms with Crippen molar-refractivity contribution in [2.45, 2.75) is 32.2 Å². The molecule has 6 heteroatoms.